The highest BCUT2D eigenvalue weighted by Gasteiger charge is 2.18. The molecule has 0 aromatic heterocycles. The topological polar surface area (TPSA) is 35.5 Å². The molecule has 0 aliphatic carbocycles. The molecule has 3 heteroatoms. The fourth-order valence-electron chi connectivity index (χ4n) is 1.29. The van der Waals surface area contributed by atoms with Crippen molar-refractivity contribution in [3.8, 4) is 0 Å². The summed E-state index contributed by atoms with van der Waals surface area (Å²) >= 11 is 0. The lowest BCUT2D eigenvalue weighted by Gasteiger charge is -2.23. The van der Waals surface area contributed by atoms with Gasteiger partial charge in [0.2, 0.25) is 0 Å². The summed E-state index contributed by atoms with van der Waals surface area (Å²) in [6.45, 7) is 2.81. The summed E-state index contributed by atoms with van der Waals surface area (Å²) in [6, 6.07) is 0. The Balaban J connectivity index is 2.64. The molecule has 1 aliphatic heterocycles. The van der Waals surface area contributed by atoms with E-state index in [-0.39, 0.29) is 11.9 Å². The highest BCUT2D eigenvalue weighted by Crippen LogP contribution is 2.16. The lowest BCUT2D eigenvalue weighted by molar-refractivity contribution is -0.112. The maximum Gasteiger partial charge on any atom is 0.152 e. The molecule has 0 bridgehead atoms. The van der Waals surface area contributed by atoms with Crippen LogP contribution in [-0.4, -0.2) is 32.2 Å². The summed E-state index contributed by atoms with van der Waals surface area (Å²) in [5.74, 6) is 0.0777. The molecule has 0 aromatic rings. The second-order valence-electron chi connectivity index (χ2n) is 2.88. The maximum atomic E-state index is 10.8. The van der Waals surface area contributed by atoms with Gasteiger partial charge in [-0.2, -0.15) is 0 Å². The van der Waals surface area contributed by atoms with Crippen LogP contribution in [0.1, 0.15) is 13.3 Å². The summed E-state index contributed by atoms with van der Waals surface area (Å²) < 4.78 is 10.4. The molecule has 12 heavy (non-hydrogen) atoms. The molecule has 1 heterocycles. The maximum absolute atomic E-state index is 10.8. The van der Waals surface area contributed by atoms with Crippen LogP contribution >= 0.6 is 0 Å². The Morgan fingerprint density at radius 1 is 1.75 bits per heavy atom. The molecule has 1 fully saturated rings. The first-order valence-electron chi connectivity index (χ1n) is 4.05. The largest absolute Gasteiger partial charge is 0.378 e. The molecular formula is C9H14O3. The van der Waals surface area contributed by atoms with E-state index in [9.17, 15) is 4.79 Å². The van der Waals surface area contributed by atoms with Crippen molar-refractivity contribution in [3.63, 3.8) is 0 Å². The molecule has 0 amide bonds. The Morgan fingerprint density at radius 3 is 3.08 bits per heavy atom. The van der Waals surface area contributed by atoms with Crippen LogP contribution in [0.5, 0.6) is 0 Å². The molecule has 1 aliphatic rings. The van der Waals surface area contributed by atoms with Crippen LogP contribution < -0.4 is 0 Å². The van der Waals surface area contributed by atoms with Gasteiger partial charge in [0.15, 0.2) is 5.78 Å². The Morgan fingerprint density at radius 2 is 2.50 bits per heavy atom. The van der Waals surface area contributed by atoms with Gasteiger partial charge < -0.3 is 9.47 Å². The van der Waals surface area contributed by atoms with Gasteiger partial charge in [-0.1, -0.05) is 0 Å². The zero-order valence-electron chi connectivity index (χ0n) is 7.50. The molecule has 1 unspecified atom stereocenters. The van der Waals surface area contributed by atoms with Gasteiger partial charge in [0.1, 0.15) is 6.10 Å². The van der Waals surface area contributed by atoms with Gasteiger partial charge in [-0.05, 0) is 25.0 Å². The van der Waals surface area contributed by atoms with E-state index in [1.807, 2.05) is 0 Å². The standard InChI is InChI=1S/C9H14O3/c1-7(10)5-8-3-4-12-6-9(8)11-2/h5,9H,3-4,6H2,1-2H3/b8-5+. The minimum atomic E-state index is -0.0253. The van der Waals surface area contributed by atoms with Gasteiger partial charge in [0.25, 0.3) is 0 Å². The third kappa shape index (κ3) is 2.43. The normalized spacial score (nSPS) is 27.5. The van der Waals surface area contributed by atoms with Crippen molar-refractivity contribution in [2.45, 2.75) is 19.4 Å². The van der Waals surface area contributed by atoms with Crippen molar-refractivity contribution in [2.75, 3.05) is 20.3 Å². The van der Waals surface area contributed by atoms with E-state index in [1.54, 1.807) is 20.1 Å². The van der Waals surface area contributed by atoms with E-state index in [4.69, 9.17) is 9.47 Å². The third-order valence-corrected chi connectivity index (χ3v) is 1.89. The lowest BCUT2D eigenvalue weighted by atomic mass is 10.0. The van der Waals surface area contributed by atoms with Gasteiger partial charge >= 0.3 is 0 Å². The number of hydrogen-bond donors (Lipinski definition) is 0. The minimum Gasteiger partial charge on any atom is -0.378 e. The van der Waals surface area contributed by atoms with Crippen LogP contribution in [0.3, 0.4) is 0 Å². The van der Waals surface area contributed by atoms with E-state index in [2.05, 4.69) is 0 Å². The summed E-state index contributed by atoms with van der Waals surface area (Å²) in [6.07, 6.45) is 2.43. The molecule has 1 atom stereocenters. The summed E-state index contributed by atoms with van der Waals surface area (Å²) in [4.78, 5) is 10.8. The molecular weight excluding hydrogens is 156 g/mol. The lowest BCUT2D eigenvalue weighted by Crippen LogP contribution is -2.27. The first-order chi connectivity index (χ1) is 5.74. The highest BCUT2D eigenvalue weighted by atomic mass is 16.5. The second kappa shape index (κ2) is 4.38. The molecule has 0 N–H and O–H groups in total. The number of rotatable bonds is 2. The summed E-state index contributed by atoms with van der Waals surface area (Å²) in [5, 5.41) is 0. The van der Waals surface area contributed by atoms with Crippen molar-refractivity contribution in [3.05, 3.63) is 11.6 Å². The fraction of sp³-hybridized carbons (Fsp3) is 0.667. The minimum absolute atomic E-state index is 0.0253. The SMILES string of the molecule is COC1COCC/C1=C\C(C)=O. The van der Waals surface area contributed by atoms with Crippen molar-refractivity contribution in [1.82, 2.24) is 0 Å². The molecule has 3 nitrogen and oxygen atoms in total. The first-order valence-corrected chi connectivity index (χ1v) is 4.05. The van der Waals surface area contributed by atoms with Crippen molar-refractivity contribution < 1.29 is 14.3 Å². The van der Waals surface area contributed by atoms with E-state index >= 15 is 0 Å². The van der Waals surface area contributed by atoms with Crippen molar-refractivity contribution >= 4 is 5.78 Å². The predicted molar refractivity (Wildman–Crippen MR) is 45.0 cm³/mol. The van der Waals surface area contributed by atoms with Crippen LogP contribution in [0, 0.1) is 0 Å². The molecule has 0 saturated carbocycles. The highest BCUT2D eigenvalue weighted by molar-refractivity contribution is 5.88. The summed E-state index contributed by atoms with van der Waals surface area (Å²) in [7, 11) is 1.63. The quantitative estimate of drug-likeness (QED) is 0.578. The number of ketones is 1. The Hall–Kier alpha value is -0.670. The van der Waals surface area contributed by atoms with Crippen LogP contribution in [0.2, 0.25) is 0 Å². The molecule has 0 radical (unpaired) electrons. The van der Waals surface area contributed by atoms with Crippen LogP contribution in [0.15, 0.2) is 11.6 Å². The van der Waals surface area contributed by atoms with Crippen LogP contribution in [-0.2, 0) is 14.3 Å². The Kier molecular flexibility index (Phi) is 3.44. The zero-order chi connectivity index (χ0) is 8.97. The number of carbonyl (C=O) groups excluding carboxylic acids is 1. The van der Waals surface area contributed by atoms with Gasteiger partial charge in [-0.15, -0.1) is 0 Å². The van der Waals surface area contributed by atoms with Gasteiger partial charge in [-0.25, -0.2) is 0 Å². The molecule has 68 valence electrons. The van der Waals surface area contributed by atoms with Gasteiger partial charge in [0.05, 0.1) is 13.2 Å². The van der Waals surface area contributed by atoms with E-state index in [0.29, 0.717) is 13.2 Å². The summed E-state index contributed by atoms with van der Waals surface area (Å²) in [5.41, 5.74) is 1.05. The number of ether oxygens (including phenoxy) is 2. The van der Waals surface area contributed by atoms with Gasteiger partial charge in [-0.3, -0.25) is 4.79 Å². The molecule has 0 spiro atoms. The predicted octanol–water partition coefficient (Wildman–Crippen LogP) is 0.937. The van der Waals surface area contributed by atoms with E-state index in [1.165, 1.54) is 0 Å². The average Bonchev–Trinajstić information content (AvgIpc) is 2.04. The number of hydrogen-bond acceptors (Lipinski definition) is 3. The monoisotopic (exact) mass is 170 g/mol. The second-order valence-corrected chi connectivity index (χ2v) is 2.88. The number of methoxy groups -OCH3 is 1. The van der Waals surface area contributed by atoms with Crippen LogP contribution in [0.25, 0.3) is 0 Å². The van der Waals surface area contributed by atoms with Gasteiger partial charge in [0, 0.05) is 7.11 Å². The fourth-order valence-corrected chi connectivity index (χ4v) is 1.29. The third-order valence-electron chi connectivity index (χ3n) is 1.89. The smallest absolute Gasteiger partial charge is 0.152 e. The number of allylic oxidation sites excluding steroid dienone is 1. The molecule has 1 saturated heterocycles. The van der Waals surface area contributed by atoms with Crippen molar-refractivity contribution in [2.24, 2.45) is 0 Å². The zero-order valence-corrected chi connectivity index (χ0v) is 7.50. The van der Waals surface area contributed by atoms with Crippen LogP contribution in [0.4, 0.5) is 0 Å². The average molecular weight is 170 g/mol. The first kappa shape index (κ1) is 9.42. The number of carbonyl (C=O) groups is 1. The van der Waals surface area contributed by atoms with E-state index < -0.39 is 0 Å². The van der Waals surface area contributed by atoms with E-state index in [0.717, 1.165) is 12.0 Å². The Bertz CT molecular complexity index is 196. The molecule has 0 aromatic carbocycles. The Labute approximate surface area is 72.4 Å². The van der Waals surface area contributed by atoms with Crippen molar-refractivity contribution in [1.29, 1.82) is 0 Å². The molecule has 1 rings (SSSR count).